The molecule has 9 nitrogen and oxygen atoms in total. The fraction of sp³-hybridized carbons (Fsp3) is 0.667. The van der Waals surface area contributed by atoms with Crippen LogP contribution in [0.1, 0.15) is 34.6 Å². The van der Waals surface area contributed by atoms with Crippen molar-refractivity contribution in [2.75, 3.05) is 0 Å². The molecule has 140 valence electrons. The third kappa shape index (κ3) is 6.04. The fourth-order valence-electron chi connectivity index (χ4n) is 2.68. The molecule has 1 amide bonds. The van der Waals surface area contributed by atoms with Crippen molar-refractivity contribution in [2.24, 2.45) is 0 Å². The van der Waals surface area contributed by atoms with Crippen LogP contribution >= 0.6 is 11.8 Å². The minimum absolute atomic E-state index is 0.303. The molecule has 1 fully saturated rings. The van der Waals surface area contributed by atoms with Gasteiger partial charge in [-0.15, -0.1) is 0 Å². The van der Waals surface area contributed by atoms with Crippen LogP contribution in [-0.4, -0.2) is 58.5 Å². The molecule has 1 rings (SSSR count). The highest BCUT2D eigenvalue weighted by molar-refractivity contribution is 8.14. The molecule has 5 atom stereocenters. The molecule has 25 heavy (non-hydrogen) atoms. The van der Waals surface area contributed by atoms with Crippen LogP contribution in [0.15, 0.2) is 0 Å². The Bertz CT molecular complexity index is 452. The Labute approximate surface area is 149 Å². The first-order valence-corrected chi connectivity index (χ1v) is 8.36. The normalized spacial score (nSPS) is 28.0. The van der Waals surface area contributed by atoms with Crippen LogP contribution in [0.4, 0.5) is 0 Å². The molecular weight excluding hydrogens is 354 g/mol. The van der Waals surface area contributed by atoms with Crippen molar-refractivity contribution in [1.29, 1.82) is 0 Å². The summed E-state index contributed by atoms with van der Waals surface area (Å²) in [6.07, 6.45) is -3.33. The highest BCUT2D eigenvalue weighted by Crippen LogP contribution is 2.37. The average molecular weight is 375 g/mol. The summed E-state index contributed by atoms with van der Waals surface area (Å²) < 4.78 is 15.6. The molecule has 0 bridgehead atoms. The van der Waals surface area contributed by atoms with Gasteiger partial charge in [0.1, 0.15) is 0 Å². The summed E-state index contributed by atoms with van der Waals surface area (Å²) in [6.45, 7) is 6.02. The van der Waals surface area contributed by atoms with Crippen molar-refractivity contribution < 1.29 is 38.2 Å². The number of hydrogen-bond donors (Lipinski definition) is 1. The lowest BCUT2D eigenvalue weighted by Crippen LogP contribution is -2.48. The minimum Gasteiger partial charge on any atom is -0.457 e. The maximum absolute atomic E-state index is 11.6. The van der Waals surface area contributed by atoms with E-state index >= 15 is 0 Å². The molecule has 0 unspecified atom stereocenters. The number of esters is 3. The van der Waals surface area contributed by atoms with E-state index in [9.17, 15) is 24.0 Å². The van der Waals surface area contributed by atoms with E-state index in [1.165, 1.54) is 13.8 Å². The molecule has 0 heterocycles. The monoisotopic (exact) mass is 375 g/mol. The Kier molecular flexibility index (Phi) is 7.40. The first-order chi connectivity index (χ1) is 11.5. The first-order valence-electron chi connectivity index (χ1n) is 7.49. The number of carbonyl (C=O) groups excluding carboxylic acids is 5. The van der Waals surface area contributed by atoms with Crippen LogP contribution in [0.5, 0.6) is 0 Å². The number of carbonyl (C=O) groups is 5. The topological polar surface area (TPSA) is 125 Å². The highest BCUT2D eigenvalue weighted by Gasteiger charge is 2.57. The van der Waals surface area contributed by atoms with Gasteiger partial charge in [0.15, 0.2) is 23.4 Å². The van der Waals surface area contributed by atoms with E-state index in [4.69, 9.17) is 14.2 Å². The molecule has 1 N–H and O–H groups in total. The molecule has 0 saturated heterocycles. The molecule has 0 aromatic carbocycles. The predicted molar refractivity (Wildman–Crippen MR) is 86.3 cm³/mol. The molecule has 0 radical (unpaired) electrons. The molecule has 10 heteroatoms. The van der Waals surface area contributed by atoms with Crippen LogP contribution in [-0.2, 0) is 38.2 Å². The van der Waals surface area contributed by atoms with E-state index < -0.39 is 53.4 Å². The van der Waals surface area contributed by atoms with Crippen LogP contribution < -0.4 is 5.32 Å². The lowest BCUT2D eigenvalue weighted by atomic mass is 10.2. The minimum atomic E-state index is -1.15. The summed E-state index contributed by atoms with van der Waals surface area (Å²) in [5.74, 6) is -2.47. The van der Waals surface area contributed by atoms with E-state index in [0.29, 0.717) is 0 Å². The Morgan fingerprint density at radius 1 is 0.720 bits per heavy atom. The molecule has 0 spiro atoms. The van der Waals surface area contributed by atoms with Gasteiger partial charge in [-0.1, -0.05) is 11.8 Å². The van der Waals surface area contributed by atoms with E-state index in [2.05, 4.69) is 5.32 Å². The van der Waals surface area contributed by atoms with E-state index in [1.54, 1.807) is 0 Å². The van der Waals surface area contributed by atoms with Gasteiger partial charge in [-0.25, -0.2) is 0 Å². The van der Waals surface area contributed by atoms with Crippen molar-refractivity contribution in [2.45, 2.75) is 64.2 Å². The Balaban J connectivity index is 3.34. The van der Waals surface area contributed by atoms with Gasteiger partial charge >= 0.3 is 17.9 Å². The van der Waals surface area contributed by atoms with Gasteiger partial charge in [-0.05, 0) is 0 Å². The maximum atomic E-state index is 11.6. The van der Waals surface area contributed by atoms with Crippen LogP contribution in [0.3, 0.4) is 0 Å². The van der Waals surface area contributed by atoms with Gasteiger partial charge in [0.05, 0.1) is 11.3 Å². The molecule has 1 saturated carbocycles. The predicted octanol–water partition coefficient (Wildman–Crippen LogP) is -0.0519. The Morgan fingerprint density at radius 3 is 1.56 bits per heavy atom. The van der Waals surface area contributed by atoms with Crippen molar-refractivity contribution in [1.82, 2.24) is 5.32 Å². The van der Waals surface area contributed by atoms with Crippen molar-refractivity contribution in [3.05, 3.63) is 0 Å². The average Bonchev–Trinajstić information content (AvgIpc) is 2.63. The number of ether oxygens (including phenoxy) is 3. The summed E-state index contributed by atoms with van der Waals surface area (Å²) in [7, 11) is 0. The van der Waals surface area contributed by atoms with Gasteiger partial charge in [-0.3, -0.25) is 24.0 Å². The van der Waals surface area contributed by atoms with Crippen molar-refractivity contribution >= 4 is 40.7 Å². The number of amides is 1. The van der Waals surface area contributed by atoms with E-state index in [1.807, 2.05) is 0 Å². The fourth-order valence-corrected chi connectivity index (χ4v) is 3.78. The third-order valence-corrected chi connectivity index (χ3v) is 4.42. The SMILES string of the molecule is CC(=O)N[C@H]1[C@@H](OC(C)=O)[C@@H](OC(C)=O)[C@@H](OC(C)=O)[C@@H]1SC(C)=O. The van der Waals surface area contributed by atoms with Crippen LogP contribution in [0.25, 0.3) is 0 Å². The van der Waals surface area contributed by atoms with Gasteiger partial charge < -0.3 is 19.5 Å². The second kappa shape index (κ2) is 8.84. The van der Waals surface area contributed by atoms with Crippen LogP contribution in [0, 0.1) is 0 Å². The molecule has 1 aliphatic carbocycles. The second-order valence-electron chi connectivity index (χ2n) is 5.52. The second-order valence-corrected chi connectivity index (χ2v) is 6.88. The van der Waals surface area contributed by atoms with Crippen molar-refractivity contribution in [3.63, 3.8) is 0 Å². The number of thioether (sulfide) groups is 1. The van der Waals surface area contributed by atoms with Gasteiger partial charge in [-0.2, -0.15) is 0 Å². The Morgan fingerprint density at radius 2 is 1.16 bits per heavy atom. The standard InChI is InChI=1S/C15H21NO8S/c1-6(17)16-11-12(22-7(2)18)13(23-8(3)19)14(24-9(4)20)15(11)25-10(5)21/h11-15H,1-5H3,(H,16,17)/t11-,12+,13+,14+,15+/m0/s1. The molecule has 0 aromatic rings. The lowest BCUT2D eigenvalue weighted by molar-refractivity contribution is -0.175. The highest BCUT2D eigenvalue weighted by atomic mass is 32.2. The maximum Gasteiger partial charge on any atom is 0.303 e. The van der Waals surface area contributed by atoms with E-state index in [0.717, 1.165) is 32.5 Å². The molecule has 0 aromatic heterocycles. The van der Waals surface area contributed by atoms with Crippen molar-refractivity contribution in [3.8, 4) is 0 Å². The largest absolute Gasteiger partial charge is 0.457 e. The summed E-state index contributed by atoms with van der Waals surface area (Å²) in [6, 6.07) is -0.885. The third-order valence-electron chi connectivity index (χ3n) is 3.26. The first kappa shape index (κ1) is 20.9. The van der Waals surface area contributed by atoms with Gasteiger partial charge in [0.25, 0.3) is 0 Å². The zero-order valence-corrected chi connectivity index (χ0v) is 15.4. The summed E-state index contributed by atoms with van der Waals surface area (Å²) >= 11 is 0.810. The zero-order chi connectivity index (χ0) is 19.3. The number of nitrogens with one attached hydrogen (secondary N) is 1. The summed E-state index contributed by atoms with van der Waals surface area (Å²) in [5, 5.41) is 1.49. The molecule has 0 aliphatic heterocycles. The van der Waals surface area contributed by atoms with E-state index in [-0.39, 0.29) is 5.12 Å². The Hall–Kier alpha value is -2.10. The summed E-state index contributed by atoms with van der Waals surface area (Å²) in [4.78, 5) is 57.6. The van der Waals surface area contributed by atoms with Gasteiger partial charge in [0.2, 0.25) is 5.91 Å². The zero-order valence-electron chi connectivity index (χ0n) is 14.6. The number of rotatable bonds is 5. The van der Waals surface area contributed by atoms with Crippen LogP contribution in [0.2, 0.25) is 0 Å². The number of hydrogen-bond acceptors (Lipinski definition) is 9. The smallest absolute Gasteiger partial charge is 0.303 e. The van der Waals surface area contributed by atoms with Gasteiger partial charge in [0, 0.05) is 34.6 Å². The lowest BCUT2D eigenvalue weighted by Gasteiger charge is -2.25. The summed E-state index contributed by atoms with van der Waals surface area (Å²) in [5.41, 5.74) is 0. The molecule has 1 aliphatic rings. The quantitative estimate of drug-likeness (QED) is 0.520. The molecular formula is C15H21NO8S.